The molecule has 0 saturated carbocycles. The molecule has 0 saturated heterocycles. The molecule has 0 atom stereocenters. The Morgan fingerprint density at radius 3 is 2.68 bits per heavy atom. The standard InChI is InChI=1S/C18H14Cl2N2OS2/c1-11-2-5-13(6-3-11)21-17(23)10-25-18-22-16(9-24-18)14-7-4-12(19)8-15(14)20/h2-9H,10H2,1H3,(H,21,23). The lowest BCUT2D eigenvalue weighted by molar-refractivity contribution is -0.113. The number of thioether (sulfide) groups is 1. The highest BCUT2D eigenvalue weighted by atomic mass is 35.5. The van der Waals surface area contributed by atoms with Crippen LogP contribution in [0.15, 0.2) is 52.2 Å². The molecule has 3 aromatic rings. The second-order valence-electron chi connectivity index (χ2n) is 5.33. The number of hydrogen-bond donors (Lipinski definition) is 1. The van der Waals surface area contributed by atoms with Gasteiger partial charge in [-0.25, -0.2) is 4.98 Å². The van der Waals surface area contributed by atoms with Crippen LogP contribution in [0.2, 0.25) is 10.0 Å². The molecule has 1 aromatic heterocycles. The van der Waals surface area contributed by atoms with E-state index in [2.05, 4.69) is 10.3 Å². The van der Waals surface area contributed by atoms with E-state index in [1.807, 2.05) is 42.6 Å². The summed E-state index contributed by atoms with van der Waals surface area (Å²) in [7, 11) is 0. The van der Waals surface area contributed by atoms with Crippen LogP contribution in [0, 0.1) is 6.92 Å². The van der Waals surface area contributed by atoms with Gasteiger partial charge in [0.1, 0.15) is 0 Å². The number of halogens is 2. The Hall–Kier alpha value is -1.53. The van der Waals surface area contributed by atoms with Crippen LogP contribution >= 0.6 is 46.3 Å². The van der Waals surface area contributed by atoms with Gasteiger partial charge < -0.3 is 5.32 Å². The number of aromatic nitrogens is 1. The third-order valence-corrected chi connectivity index (χ3v) is 5.92. The predicted octanol–water partition coefficient (Wildman–Crippen LogP) is 6.16. The van der Waals surface area contributed by atoms with Crippen LogP contribution in [0.5, 0.6) is 0 Å². The van der Waals surface area contributed by atoms with Crippen molar-refractivity contribution in [1.29, 1.82) is 0 Å². The number of benzene rings is 2. The second-order valence-corrected chi connectivity index (χ2v) is 8.25. The van der Waals surface area contributed by atoms with Crippen molar-refractivity contribution in [2.24, 2.45) is 0 Å². The van der Waals surface area contributed by atoms with E-state index in [0.717, 1.165) is 26.8 Å². The van der Waals surface area contributed by atoms with Crippen LogP contribution in [0.1, 0.15) is 5.56 Å². The van der Waals surface area contributed by atoms with E-state index in [4.69, 9.17) is 23.2 Å². The molecule has 0 aliphatic rings. The topological polar surface area (TPSA) is 42.0 Å². The lowest BCUT2D eigenvalue weighted by Gasteiger charge is -2.04. The summed E-state index contributed by atoms with van der Waals surface area (Å²) < 4.78 is 0.820. The van der Waals surface area contributed by atoms with Gasteiger partial charge in [-0.05, 0) is 37.3 Å². The Bertz CT molecular complexity index is 894. The van der Waals surface area contributed by atoms with Crippen molar-refractivity contribution in [2.45, 2.75) is 11.3 Å². The van der Waals surface area contributed by atoms with Crippen molar-refractivity contribution in [3.63, 3.8) is 0 Å². The van der Waals surface area contributed by atoms with Crippen molar-refractivity contribution >= 4 is 57.9 Å². The summed E-state index contributed by atoms with van der Waals surface area (Å²) in [5.74, 6) is 0.241. The number of anilines is 1. The number of rotatable bonds is 5. The summed E-state index contributed by atoms with van der Waals surface area (Å²) in [4.78, 5) is 16.6. The fourth-order valence-electron chi connectivity index (χ4n) is 2.11. The quantitative estimate of drug-likeness (QED) is 0.514. The summed E-state index contributed by atoms with van der Waals surface area (Å²) in [6.07, 6.45) is 0. The molecule has 0 fully saturated rings. The maximum Gasteiger partial charge on any atom is 0.234 e. The molecule has 0 bridgehead atoms. The van der Waals surface area contributed by atoms with Gasteiger partial charge in [-0.1, -0.05) is 52.7 Å². The number of nitrogens with zero attached hydrogens (tertiary/aromatic N) is 1. The zero-order valence-corrected chi connectivity index (χ0v) is 16.4. The molecule has 1 heterocycles. The predicted molar refractivity (Wildman–Crippen MR) is 108 cm³/mol. The molecule has 0 spiro atoms. The second kappa shape index (κ2) is 8.23. The highest BCUT2D eigenvalue weighted by Crippen LogP contribution is 2.33. The molecule has 0 radical (unpaired) electrons. The van der Waals surface area contributed by atoms with E-state index in [1.54, 1.807) is 12.1 Å². The minimum atomic E-state index is -0.0601. The molecule has 1 N–H and O–H groups in total. The molecule has 2 aromatic carbocycles. The van der Waals surface area contributed by atoms with Gasteiger partial charge in [0.25, 0.3) is 0 Å². The molecule has 3 rings (SSSR count). The molecule has 1 amide bonds. The van der Waals surface area contributed by atoms with Gasteiger partial charge in [0, 0.05) is 21.7 Å². The monoisotopic (exact) mass is 408 g/mol. The third-order valence-electron chi connectivity index (χ3n) is 3.35. The van der Waals surface area contributed by atoms with Crippen molar-refractivity contribution in [2.75, 3.05) is 11.1 Å². The van der Waals surface area contributed by atoms with Crippen LogP contribution in [0.3, 0.4) is 0 Å². The third kappa shape index (κ3) is 4.98. The first-order valence-electron chi connectivity index (χ1n) is 7.41. The summed E-state index contributed by atoms with van der Waals surface area (Å²) in [5, 5.41) is 5.95. The van der Waals surface area contributed by atoms with E-state index in [9.17, 15) is 4.79 Å². The van der Waals surface area contributed by atoms with Gasteiger partial charge in [-0.15, -0.1) is 11.3 Å². The van der Waals surface area contributed by atoms with E-state index < -0.39 is 0 Å². The van der Waals surface area contributed by atoms with Crippen LogP contribution in [0.4, 0.5) is 5.69 Å². The Morgan fingerprint density at radius 2 is 1.96 bits per heavy atom. The highest BCUT2D eigenvalue weighted by molar-refractivity contribution is 8.01. The highest BCUT2D eigenvalue weighted by Gasteiger charge is 2.11. The van der Waals surface area contributed by atoms with Gasteiger partial charge in [0.05, 0.1) is 16.5 Å². The van der Waals surface area contributed by atoms with Crippen LogP contribution in [-0.4, -0.2) is 16.6 Å². The van der Waals surface area contributed by atoms with Gasteiger partial charge in [-0.3, -0.25) is 4.79 Å². The summed E-state index contributed by atoms with van der Waals surface area (Å²) >= 11 is 15.0. The van der Waals surface area contributed by atoms with Crippen LogP contribution in [0.25, 0.3) is 11.3 Å². The normalized spacial score (nSPS) is 10.7. The van der Waals surface area contributed by atoms with Gasteiger partial charge in [0.2, 0.25) is 5.91 Å². The smallest absolute Gasteiger partial charge is 0.234 e. The average Bonchev–Trinajstić information content (AvgIpc) is 3.04. The Kier molecular flexibility index (Phi) is 6.02. The number of carbonyl (C=O) groups is 1. The number of hydrogen-bond acceptors (Lipinski definition) is 4. The Labute approximate surface area is 164 Å². The first-order chi connectivity index (χ1) is 12.0. The van der Waals surface area contributed by atoms with Gasteiger partial charge >= 0.3 is 0 Å². The van der Waals surface area contributed by atoms with E-state index in [-0.39, 0.29) is 5.91 Å². The first kappa shape index (κ1) is 18.3. The first-order valence-corrected chi connectivity index (χ1v) is 10.0. The molecule has 0 aliphatic carbocycles. The van der Waals surface area contributed by atoms with Crippen molar-refractivity contribution < 1.29 is 4.79 Å². The molecule has 0 aliphatic heterocycles. The largest absolute Gasteiger partial charge is 0.325 e. The number of amides is 1. The SMILES string of the molecule is Cc1ccc(NC(=O)CSc2nc(-c3ccc(Cl)cc3Cl)cs2)cc1. The number of thiazole rings is 1. The molecular formula is C18H14Cl2N2OS2. The number of carbonyl (C=O) groups excluding carboxylic acids is 1. The molecule has 3 nitrogen and oxygen atoms in total. The van der Waals surface area contributed by atoms with Crippen LogP contribution < -0.4 is 5.32 Å². The molecule has 25 heavy (non-hydrogen) atoms. The zero-order valence-electron chi connectivity index (χ0n) is 13.3. The lowest BCUT2D eigenvalue weighted by Crippen LogP contribution is -2.13. The van der Waals surface area contributed by atoms with E-state index in [0.29, 0.717) is 15.8 Å². The Morgan fingerprint density at radius 1 is 1.20 bits per heavy atom. The van der Waals surface area contributed by atoms with Gasteiger partial charge in [-0.2, -0.15) is 0 Å². The fourth-order valence-corrected chi connectivity index (χ4v) is 4.24. The van der Waals surface area contributed by atoms with Crippen molar-refractivity contribution in [3.05, 3.63) is 63.5 Å². The molecular weight excluding hydrogens is 395 g/mol. The summed E-state index contributed by atoms with van der Waals surface area (Å²) in [6.45, 7) is 2.01. The van der Waals surface area contributed by atoms with E-state index in [1.165, 1.54) is 23.1 Å². The summed E-state index contributed by atoms with van der Waals surface area (Å²) in [6, 6.07) is 13.0. The molecule has 128 valence electrons. The van der Waals surface area contributed by atoms with Crippen molar-refractivity contribution in [1.82, 2.24) is 4.98 Å². The average molecular weight is 409 g/mol. The number of aryl methyl sites for hydroxylation is 1. The van der Waals surface area contributed by atoms with Gasteiger partial charge in [0.15, 0.2) is 4.34 Å². The van der Waals surface area contributed by atoms with Crippen molar-refractivity contribution in [3.8, 4) is 11.3 Å². The zero-order chi connectivity index (χ0) is 17.8. The maximum atomic E-state index is 12.0. The Balaban J connectivity index is 1.59. The minimum Gasteiger partial charge on any atom is -0.325 e. The maximum absolute atomic E-state index is 12.0. The van der Waals surface area contributed by atoms with Crippen LogP contribution in [-0.2, 0) is 4.79 Å². The number of nitrogens with one attached hydrogen (secondary N) is 1. The van der Waals surface area contributed by atoms with E-state index >= 15 is 0 Å². The fraction of sp³-hybridized carbons (Fsp3) is 0.111. The summed E-state index contributed by atoms with van der Waals surface area (Å²) in [5.41, 5.74) is 3.57. The minimum absolute atomic E-state index is 0.0601. The molecule has 7 heteroatoms. The molecule has 0 unspecified atom stereocenters. The lowest BCUT2D eigenvalue weighted by atomic mass is 10.2.